The molecule has 370 valence electrons. The highest BCUT2D eigenvalue weighted by molar-refractivity contribution is 9.11. The molecule has 0 radical (unpaired) electrons. The van der Waals surface area contributed by atoms with Crippen molar-refractivity contribution >= 4 is 106 Å². The molecule has 3 aliphatic heterocycles. The minimum atomic E-state index is -0.345. The molecule has 0 atom stereocenters. The number of unbranched alkanes of at least 4 members (excludes halogenated alkanes) is 3. The van der Waals surface area contributed by atoms with Crippen LogP contribution in [0.1, 0.15) is 100.0 Å². The number of benzene rings is 5. The molecule has 8 rings (SSSR count). The van der Waals surface area contributed by atoms with Crippen molar-refractivity contribution in [3.8, 4) is 0 Å². The van der Waals surface area contributed by atoms with Gasteiger partial charge < -0.3 is 37.7 Å². The molecule has 3 fully saturated rings. The van der Waals surface area contributed by atoms with Gasteiger partial charge in [0.05, 0.1) is 48.8 Å². The molecule has 0 aromatic heterocycles. The number of anilines is 3. The minimum Gasteiger partial charge on any atom is -0.399 e. The van der Waals surface area contributed by atoms with Crippen molar-refractivity contribution in [2.45, 2.75) is 123 Å². The van der Waals surface area contributed by atoms with E-state index in [-0.39, 0.29) is 36.6 Å². The maximum absolute atomic E-state index is 6.10. The van der Waals surface area contributed by atoms with Crippen LogP contribution in [0.4, 0.5) is 17.1 Å². The summed E-state index contributed by atoms with van der Waals surface area (Å²) in [6.45, 7) is 23.7. The summed E-state index contributed by atoms with van der Waals surface area (Å²) in [5.41, 5.74) is 5.59. The lowest BCUT2D eigenvalue weighted by Crippen LogP contribution is -2.45. The number of halogens is 4. The Bertz CT molecular complexity index is 2130. The standard InChI is InChI=1S/C19H29BrO3.C18H28B2O4.C18H12Br3N/c1-2-19(15-23-16-19)14-22-12-6-4-3-5-11-21-13-17-7-9-18(20)10-8-17;1-15(2)16(3,4)22-19(21-15)13-9-11-14(12-10-13)20-23-17(5,6)18(7,8)24-20;19-13-1-7-16(8-2-13)22(17-9-3-14(20)4-10-17)18-11-5-15(21)6-12-18/h7-10H,2-6,11-16H2,1H3;9-12H,1-8H3;1-12H. The van der Waals surface area contributed by atoms with Gasteiger partial charge in [-0.25, -0.2) is 0 Å². The van der Waals surface area contributed by atoms with Crippen LogP contribution >= 0.6 is 63.7 Å². The summed E-state index contributed by atoms with van der Waals surface area (Å²) in [4.78, 5) is 2.23. The molecule has 3 aliphatic rings. The second kappa shape index (κ2) is 25.1. The van der Waals surface area contributed by atoms with E-state index in [0.717, 1.165) is 98.2 Å². The van der Waals surface area contributed by atoms with Crippen molar-refractivity contribution in [3.05, 3.63) is 145 Å². The highest BCUT2D eigenvalue weighted by Gasteiger charge is 2.53. The van der Waals surface area contributed by atoms with E-state index >= 15 is 0 Å². The molecular weight excluding hydrogens is 1130 g/mol. The van der Waals surface area contributed by atoms with Crippen LogP contribution in [0.15, 0.2) is 139 Å². The highest BCUT2D eigenvalue weighted by Crippen LogP contribution is 2.39. The second-order valence-electron chi connectivity index (χ2n) is 20.1. The van der Waals surface area contributed by atoms with E-state index in [9.17, 15) is 0 Å². The molecular formula is C55H69B2Br4NO7. The summed E-state index contributed by atoms with van der Waals surface area (Å²) in [5.74, 6) is 0. The van der Waals surface area contributed by atoms with E-state index in [1.54, 1.807) is 0 Å². The third-order valence-electron chi connectivity index (χ3n) is 13.7. The van der Waals surface area contributed by atoms with E-state index in [0.29, 0.717) is 12.0 Å². The summed E-state index contributed by atoms with van der Waals surface area (Å²) in [7, 11) is -0.690. The minimum absolute atomic E-state index is 0.320. The number of hydrogen-bond donors (Lipinski definition) is 0. The van der Waals surface area contributed by atoms with Gasteiger partial charge in [-0.2, -0.15) is 0 Å². The molecule has 0 N–H and O–H groups in total. The van der Waals surface area contributed by atoms with E-state index in [4.69, 9.17) is 32.8 Å². The van der Waals surface area contributed by atoms with Crippen molar-refractivity contribution in [1.29, 1.82) is 0 Å². The van der Waals surface area contributed by atoms with Crippen molar-refractivity contribution in [2.24, 2.45) is 5.41 Å². The lowest BCUT2D eigenvalue weighted by Gasteiger charge is -2.40. The first-order valence-corrected chi connectivity index (χ1v) is 27.2. The Morgan fingerprint density at radius 2 is 0.797 bits per heavy atom. The zero-order valence-corrected chi connectivity index (χ0v) is 48.1. The zero-order chi connectivity index (χ0) is 49.9. The van der Waals surface area contributed by atoms with Crippen LogP contribution in [0.3, 0.4) is 0 Å². The van der Waals surface area contributed by atoms with Crippen LogP contribution in [0.25, 0.3) is 0 Å². The van der Waals surface area contributed by atoms with Crippen molar-refractivity contribution in [2.75, 3.05) is 37.9 Å². The van der Waals surface area contributed by atoms with E-state index < -0.39 is 0 Å². The molecule has 0 saturated carbocycles. The highest BCUT2D eigenvalue weighted by atomic mass is 79.9. The topological polar surface area (TPSA) is 67.9 Å². The molecule has 3 heterocycles. The fourth-order valence-electron chi connectivity index (χ4n) is 7.59. The van der Waals surface area contributed by atoms with Gasteiger partial charge in [-0.05, 0) is 176 Å². The van der Waals surface area contributed by atoms with Gasteiger partial charge in [0.25, 0.3) is 0 Å². The fraction of sp³-hybridized carbons (Fsp3) is 0.455. The normalized spacial score (nSPS) is 18.1. The molecule has 8 nitrogen and oxygen atoms in total. The lowest BCUT2D eigenvalue weighted by molar-refractivity contribution is -0.150. The third kappa shape index (κ3) is 15.6. The van der Waals surface area contributed by atoms with Crippen LogP contribution in [0.5, 0.6) is 0 Å². The second-order valence-corrected chi connectivity index (χ2v) is 23.8. The summed E-state index contributed by atoms with van der Waals surface area (Å²) < 4.78 is 45.5. The molecule has 69 heavy (non-hydrogen) atoms. The van der Waals surface area contributed by atoms with Gasteiger partial charge in [-0.3, -0.25) is 0 Å². The number of nitrogens with zero attached hydrogens (tertiary/aromatic N) is 1. The summed E-state index contributed by atoms with van der Waals surface area (Å²) in [5, 5.41) is 0. The smallest absolute Gasteiger partial charge is 0.399 e. The average Bonchev–Trinajstić information content (AvgIpc) is 3.67. The van der Waals surface area contributed by atoms with Crippen molar-refractivity contribution < 1.29 is 32.8 Å². The summed E-state index contributed by atoms with van der Waals surface area (Å²) in [6.07, 6.45) is 5.86. The van der Waals surface area contributed by atoms with Gasteiger partial charge in [0, 0.05) is 53.6 Å². The summed E-state index contributed by atoms with van der Waals surface area (Å²) >= 11 is 13.9. The molecule has 0 amide bonds. The van der Waals surface area contributed by atoms with E-state index in [1.165, 1.54) is 18.4 Å². The SMILES string of the molecule is Brc1ccc(N(c2ccc(Br)cc2)c2ccc(Br)cc2)cc1.CC1(C)OB(c2ccc(B3OC(C)(C)C(C)(C)O3)cc2)OC1(C)C.CCC1(COCCCCCCOCc2ccc(Br)cc2)COC1. The number of hydrogen-bond acceptors (Lipinski definition) is 8. The quantitative estimate of drug-likeness (QED) is 0.0674. The largest absolute Gasteiger partial charge is 0.494 e. The Balaban J connectivity index is 0.000000170. The molecule has 14 heteroatoms. The van der Waals surface area contributed by atoms with E-state index in [1.807, 2.05) is 24.3 Å². The molecule has 3 saturated heterocycles. The van der Waals surface area contributed by atoms with Crippen molar-refractivity contribution in [1.82, 2.24) is 0 Å². The first kappa shape index (κ1) is 56.0. The maximum Gasteiger partial charge on any atom is 0.494 e. The van der Waals surface area contributed by atoms with Crippen LogP contribution in [0.2, 0.25) is 0 Å². The summed E-state index contributed by atoms with van der Waals surface area (Å²) in [6, 6.07) is 41.4. The van der Waals surface area contributed by atoms with Crippen molar-refractivity contribution in [3.63, 3.8) is 0 Å². The third-order valence-corrected chi connectivity index (χ3v) is 15.8. The van der Waals surface area contributed by atoms with Crippen LogP contribution in [-0.4, -0.2) is 69.7 Å². The van der Waals surface area contributed by atoms with Gasteiger partial charge in [-0.15, -0.1) is 0 Å². The predicted molar refractivity (Wildman–Crippen MR) is 299 cm³/mol. The maximum atomic E-state index is 6.10. The average molecular weight is 1200 g/mol. The molecule has 5 aromatic carbocycles. The number of rotatable bonds is 17. The Hall–Kier alpha value is -2.33. The van der Waals surface area contributed by atoms with Crippen LogP contribution in [-0.2, 0) is 39.4 Å². The van der Waals surface area contributed by atoms with Crippen LogP contribution < -0.4 is 15.8 Å². The molecule has 0 unspecified atom stereocenters. The zero-order valence-electron chi connectivity index (χ0n) is 41.8. The Labute approximate surface area is 447 Å². The van der Waals surface area contributed by atoms with Gasteiger partial charge in [0.1, 0.15) is 0 Å². The van der Waals surface area contributed by atoms with Gasteiger partial charge in [0.15, 0.2) is 0 Å². The first-order valence-electron chi connectivity index (χ1n) is 24.1. The molecule has 5 aromatic rings. The van der Waals surface area contributed by atoms with Crippen LogP contribution in [0, 0.1) is 5.41 Å². The lowest BCUT2D eigenvalue weighted by atomic mass is 9.74. The molecule has 0 bridgehead atoms. The van der Waals surface area contributed by atoms with Gasteiger partial charge in [-0.1, -0.05) is 120 Å². The molecule has 0 spiro atoms. The Morgan fingerprint density at radius 1 is 0.464 bits per heavy atom. The number of ether oxygens (including phenoxy) is 3. The van der Waals surface area contributed by atoms with Gasteiger partial charge >= 0.3 is 14.2 Å². The fourth-order valence-corrected chi connectivity index (χ4v) is 8.64. The van der Waals surface area contributed by atoms with E-state index in [2.05, 4.69) is 228 Å². The Morgan fingerprint density at radius 3 is 1.12 bits per heavy atom. The Kier molecular flexibility index (Phi) is 20.3. The first-order chi connectivity index (χ1) is 32.7. The monoisotopic (exact) mass is 1190 g/mol. The van der Waals surface area contributed by atoms with Gasteiger partial charge in [0.2, 0.25) is 0 Å². The predicted octanol–water partition coefficient (Wildman–Crippen LogP) is 14.7. The molecule has 0 aliphatic carbocycles.